The molecule has 3 aromatic rings. The van der Waals surface area contributed by atoms with Crippen LogP contribution in [0.2, 0.25) is 0 Å². The largest absolute Gasteiger partial charge is 0.492 e. The Morgan fingerprint density at radius 2 is 1.68 bits per heavy atom. The molecule has 8 nitrogen and oxygen atoms in total. The molecule has 1 unspecified atom stereocenters. The highest BCUT2D eigenvalue weighted by Gasteiger charge is 2.40. The minimum absolute atomic E-state index is 0.207. The van der Waals surface area contributed by atoms with Crippen LogP contribution in [0.4, 0.5) is 0 Å². The number of amides is 3. The lowest BCUT2D eigenvalue weighted by Crippen LogP contribution is -2.52. The summed E-state index contributed by atoms with van der Waals surface area (Å²) >= 11 is 0. The minimum atomic E-state index is -0.642. The maximum Gasteiger partial charge on any atom is 0.255 e. The van der Waals surface area contributed by atoms with Crippen molar-refractivity contribution < 1.29 is 23.9 Å². The van der Waals surface area contributed by atoms with Gasteiger partial charge in [-0.15, -0.1) is 0 Å². The van der Waals surface area contributed by atoms with Crippen molar-refractivity contribution in [3.63, 3.8) is 0 Å². The van der Waals surface area contributed by atoms with Crippen LogP contribution in [-0.4, -0.2) is 41.8 Å². The van der Waals surface area contributed by atoms with Crippen LogP contribution in [0, 0.1) is 0 Å². The number of nitrogens with zero attached hydrogens (tertiary/aromatic N) is 1. The molecule has 2 aliphatic rings. The van der Waals surface area contributed by atoms with Crippen LogP contribution in [0.25, 0.3) is 0 Å². The molecule has 0 aromatic heterocycles. The molecule has 2 N–H and O–H groups in total. The molecule has 0 aliphatic carbocycles. The highest BCUT2D eigenvalue weighted by Crippen LogP contribution is 2.34. The standard InChI is InChI=1S/C29H29N3O5/c33-27-14-13-25(28(34)31-27)32-18-24-23(29(32)35)7-4-8-26(24)37-19-21-11-9-20(10-12-21)17-30-15-16-36-22-5-2-1-3-6-22/h1-12,25,30H,13-19H2,(H,31,33,34). The number of carbonyl (C=O) groups excluding carboxylic acids is 3. The number of benzene rings is 3. The van der Waals surface area contributed by atoms with Crippen LogP contribution in [0.5, 0.6) is 11.5 Å². The molecular weight excluding hydrogens is 470 g/mol. The van der Waals surface area contributed by atoms with Gasteiger partial charge >= 0.3 is 0 Å². The Kier molecular flexibility index (Phi) is 7.46. The van der Waals surface area contributed by atoms with Gasteiger partial charge in [-0.05, 0) is 41.8 Å². The summed E-state index contributed by atoms with van der Waals surface area (Å²) in [4.78, 5) is 38.3. The van der Waals surface area contributed by atoms with Gasteiger partial charge in [0, 0.05) is 30.6 Å². The molecule has 8 heteroatoms. The zero-order valence-corrected chi connectivity index (χ0v) is 20.4. The third-order valence-electron chi connectivity index (χ3n) is 6.58. The van der Waals surface area contributed by atoms with Crippen LogP contribution in [0.15, 0.2) is 72.8 Å². The van der Waals surface area contributed by atoms with E-state index < -0.39 is 11.9 Å². The highest BCUT2D eigenvalue weighted by atomic mass is 16.5. The fraction of sp³-hybridized carbons (Fsp3) is 0.276. The van der Waals surface area contributed by atoms with Gasteiger partial charge in [0.1, 0.15) is 30.8 Å². The summed E-state index contributed by atoms with van der Waals surface area (Å²) in [5.74, 6) is 0.572. The maximum absolute atomic E-state index is 13.0. The van der Waals surface area contributed by atoms with Crippen molar-refractivity contribution in [1.29, 1.82) is 0 Å². The lowest BCUT2D eigenvalue weighted by molar-refractivity contribution is -0.136. The SMILES string of the molecule is O=C1CCC(N2Cc3c(OCc4ccc(CNCCOc5ccccc5)cc4)cccc3C2=O)C(=O)N1. The number of hydrogen-bond acceptors (Lipinski definition) is 6. The van der Waals surface area contributed by atoms with Crippen LogP contribution >= 0.6 is 0 Å². The first-order chi connectivity index (χ1) is 18.1. The van der Waals surface area contributed by atoms with E-state index in [-0.39, 0.29) is 24.8 Å². The van der Waals surface area contributed by atoms with Crippen molar-refractivity contribution in [2.75, 3.05) is 13.2 Å². The van der Waals surface area contributed by atoms with Gasteiger partial charge in [0.25, 0.3) is 5.91 Å². The monoisotopic (exact) mass is 499 g/mol. The average Bonchev–Trinajstić information content (AvgIpc) is 3.25. The topological polar surface area (TPSA) is 97.0 Å². The third kappa shape index (κ3) is 5.81. The van der Waals surface area contributed by atoms with Gasteiger partial charge in [-0.3, -0.25) is 19.7 Å². The van der Waals surface area contributed by atoms with Crippen molar-refractivity contribution in [3.8, 4) is 11.5 Å². The Morgan fingerprint density at radius 1 is 0.892 bits per heavy atom. The third-order valence-corrected chi connectivity index (χ3v) is 6.58. The van der Waals surface area contributed by atoms with Crippen molar-refractivity contribution in [2.24, 2.45) is 0 Å². The van der Waals surface area contributed by atoms with Crippen LogP contribution in [0.1, 0.15) is 39.9 Å². The molecule has 190 valence electrons. The van der Waals surface area contributed by atoms with Crippen molar-refractivity contribution in [2.45, 2.75) is 38.6 Å². The van der Waals surface area contributed by atoms with Gasteiger partial charge < -0.3 is 19.7 Å². The zero-order valence-electron chi connectivity index (χ0n) is 20.4. The summed E-state index contributed by atoms with van der Waals surface area (Å²) in [6.07, 6.45) is 0.564. The van der Waals surface area contributed by atoms with Gasteiger partial charge in [-0.1, -0.05) is 48.5 Å². The summed E-state index contributed by atoms with van der Waals surface area (Å²) in [7, 11) is 0. The molecule has 0 bridgehead atoms. The molecule has 0 spiro atoms. The van der Waals surface area contributed by atoms with E-state index in [9.17, 15) is 14.4 Å². The number of hydrogen-bond donors (Lipinski definition) is 2. The number of carbonyl (C=O) groups is 3. The first kappa shape index (κ1) is 24.5. The molecule has 1 fully saturated rings. The van der Waals surface area contributed by atoms with Gasteiger partial charge in [0.15, 0.2) is 0 Å². The Labute approximate surface area is 215 Å². The normalized spacial score (nSPS) is 16.9. The van der Waals surface area contributed by atoms with Crippen LogP contribution in [-0.2, 0) is 29.3 Å². The van der Waals surface area contributed by atoms with E-state index in [1.54, 1.807) is 12.1 Å². The zero-order chi connectivity index (χ0) is 25.6. The van der Waals surface area contributed by atoms with Gasteiger partial charge in [0.05, 0.1) is 6.54 Å². The molecule has 0 radical (unpaired) electrons. The molecular formula is C29H29N3O5. The number of piperidine rings is 1. The van der Waals surface area contributed by atoms with E-state index in [1.807, 2.05) is 48.5 Å². The Balaban J connectivity index is 1.12. The number of ether oxygens (including phenoxy) is 2. The summed E-state index contributed by atoms with van der Waals surface area (Å²) in [5, 5.41) is 5.71. The lowest BCUT2D eigenvalue weighted by Gasteiger charge is -2.29. The second kappa shape index (κ2) is 11.3. The first-order valence-corrected chi connectivity index (χ1v) is 12.4. The Hall–Kier alpha value is -4.17. The van der Waals surface area contributed by atoms with E-state index in [1.165, 1.54) is 4.90 Å². The summed E-state index contributed by atoms with van der Waals surface area (Å²) < 4.78 is 11.8. The molecule has 1 atom stereocenters. The fourth-order valence-corrected chi connectivity index (χ4v) is 4.60. The predicted octanol–water partition coefficient (Wildman–Crippen LogP) is 3.20. The number of fused-ring (bicyclic) bond motifs is 1. The van der Waals surface area contributed by atoms with E-state index >= 15 is 0 Å². The van der Waals surface area contributed by atoms with Crippen LogP contribution in [0.3, 0.4) is 0 Å². The second-order valence-electron chi connectivity index (χ2n) is 9.13. The van der Waals surface area contributed by atoms with Gasteiger partial charge in [-0.25, -0.2) is 0 Å². The number of nitrogens with one attached hydrogen (secondary N) is 2. The molecule has 3 aromatic carbocycles. The number of para-hydroxylation sites is 1. The average molecular weight is 500 g/mol. The molecule has 2 heterocycles. The number of imide groups is 1. The molecule has 1 saturated heterocycles. The highest BCUT2D eigenvalue weighted by molar-refractivity contribution is 6.05. The predicted molar refractivity (Wildman–Crippen MR) is 137 cm³/mol. The Morgan fingerprint density at radius 3 is 2.46 bits per heavy atom. The van der Waals surface area contributed by atoms with E-state index in [0.29, 0.717) is 30.9 Å². The summed E-state index contributed by atoms with van der Waals surface area (Å²) in [6.45, 7) is 2.73. The van der Waals surface area contributed by atoms with Crippen LogP contribution < -0.4 is 20.1 Å². The molecule has 2 aliphatic heterocycles. The Bertz CT molecular complexity index is 1280. The quantitative estimate of drug-likeness (QED) is 0.329. The molecule has 5 rings (SSSR count). The lowest BCUT2D eigenvalue weighted by atomic mass is 10.0. The fourth-order valence-electron chi connectivity index (χ4n) is 4.60. The molecule has 37 heavy (non-hydrogen) atoms. The second-order valence-corrected chi connectivity index (χ2v) is 9.13. The van der Waals surface area contributed by atoms with E-state index in [4.69, 9.17) is 9.47 Å². The van der Waals surface area contributed by atoms with Gasteiger partial charge in [0.2, 0.25) is 11.8 Å². The van der Waals surface area contributed by atoms with E-state index in [0.717, 1.165) is 35.5 Å². The van der Waals surface area contributed by atoms with Gasteiger partial charge in [-0.2, -0.15) is 0 Å². The first-order valence-electron chi connectivity index (χ1n) is 12.4. The molecule has 3 amide bonds. The smallest absolute Gasteiger partial charge is 0.255 e. The maximum atomic E-state index is 13.0. The molecule has 0 saturated carbocycles. The van der Waals surface area contributed by atoms with Crippen molar-refractivity contribution >= 4 is 17.7 Å². The minimum Gasteiger partial charge on any atom is -0.492 e. The van der Waals surface area contributed by atoms with Crippen molar-refractivity contribution in [1.82, 2.24) is 15.5 Å². The summed E-state index contributed by atoms with van der Waals surface area (Å²) in [5.41, 5.74) is 3.49. The summed E-state index contributed by atoms with van der Waals surface area (Å²) in [6, 6.07) is 22.7. The van der Waals surface area contributed by atoms with E-state index in [2.05, 4.69) is 22.8 Å². The van der Waals surface area contributed by atoms with Crippen molar-refractivity contribution in [3.05, 3.63) is 95.1 Å². The number of rotatable bonds is 10.